The van der Waals surface area contributed by atoms with Crippen LogP contribution in [0.2, 0.25) is 0 Å². The van der Waals surface area contributed by atoms with Crippen LogP contribution in [0.5, 0.6) is 5.88 Å². The lowest BCUT2D eigenvalue weighted by Crippen LogP contribution is -2.61. The van der Waals surface area contributed by atoms with Crippen molar-refractivity contribution in [3.8, 4) is 5.88 Å². The van der Waals surface area contributed by atoms with E-state index in [1.54, 1.807) is 6.07 Å². The lowest BCUT2D eigenvalue weighted by Gasteiger charge is -2.48. The van der Waals surface area contributed by atoms with Crippen LogP contribution >= 0.6 is 11.8 Å². The fourth-order valence-corrected chi connectivity index (χ4v) is 4.41. The lowest BCUT2D eigenvalue weighted by molar-refractivity contribution is -0.139. The number of thioether (sulfide) groups is 1. The smallest absolute Gasteiger partial charge is 0.250 e. The molecule has 21 heavy (non-hydrogen) atoms. The number of rotatable bonds is 3. The van der Waals surface area contributed by atoms with Crippen molar-refractivity contribution < 1.29 is 13.9 Å². The van der Waals surface area contributed by atoms with Crippen molar-refractivity contribution in [1.82, 2.24) is 9.88 Å². The first-order chi connectivity index (χ1) is 9.99. The molecule has 3 rings (SSSR count). The second-order valence-electron chi connectivity index (χ2n) is 6.08. The quantitative estimate of drug-likeness (QED) is 0.859. The third kappa shape index (κ3) is 2.86. The Bertz CT molecular complexity index is 546. The van der Waals surface area contributed by atoms with Crippen molar-refractivity contribution in [2.24, 2.45) is 5.92 Å². The number of carbonyl (C=O) groups is 1. The van der Waals surface area contributed by atoms with Crippen molar-refractivity contribution in [3.05, 3.63) is 24.1 Å². The number of hydrogen-bond donors (Lipinski definition) is 0. The van der Waals surface area contributed by atoms with Gasteiger partial charge in [0, 0.05) is 37.4 Å². The Balaban J connectivity index is 1.56. The fraction of sp³-hybridized carbons (Fsp3) is 0.600. The van der Waals surface area contributed by atoms with Crippen LogP contribution in [0.4, 0.5) is 4.39 Å². The van der Waals surface area contributed by atoms with E-state index in [0.717, 1.165) is 25.3 Å². The van der Waals surface area contributed by atoms with Crippen molar-refractivity contribution in [1.29, 1.82) is 0 Å². The molecule has 2 aliphatic heterocycles. The highest BCUT2D eigenvalue weighted by atomic mass is 32.2. The zero-order chi connectivity index (χ0) is 15.0. The number of nitrogens with zero attached hydrogens (tertiary/aromatic N) is 2. The number of halogens is 1. The van der Waals surface area contributed by atoms with Gasteiger partial charge in [-0.2, -0.15) is 0 Å². The molecule has 0 bridgehead atoms. The fourth-order valence-electron chi connectivity index (χ4n) is 2.88. The topological polar surface area (TPSA) is 42.4 Å². The maximum absolute atomic E-state index is 13.5. The van der Waals surface area contributed by atoms with Crippen LogP contribution in [0.3, 0.4) is 0 Å². The zero-order valence-electron chi connectivity index (χ0n) is 12.2. The number of aromatic nitrogens is 1. The molecule has 1 aromatic heterocycles. The van der Waals surface area contributed by atoms with Crippen molar-refractivity contribution >= 4 is 17.7 Å². The zero-order valence-corrected chi connectivity index (χ0v) is 13.0. The summed E-state index contributed by atoms with van der Waals surface area (Å²) in [6.45, 7) is 5.40. The largest absolute Gasteiger partial charge is 0.471 e. The van der Waals surface area contributed by atoms with Crippen molar-refractivity contribution in [3.63, 3.8) is 0 Å². The highest BCUT2D eigenvalue weighted by molar-refractivity contribution is 8.01. The predicted molar refractivity (Wildman–Crippen MR) is 79.8 cm³/mol. The number of ether oxygens (including phenoxy) is 1. The number of likely N-dealkylation sites (tertiary alicyclic amines) is 1. The second-order valence-corrected chi connectivity index (χ2v) is 7.57. The first-order valence-corrected chi connectivity index (χ1v) is 8.18. The van der Waals surface area contributed by atoms with Gasteiger partial charge in [-0.15, -0.1) is 11.8 Å². The van der Waals surface area contributed by atoms with E-state index in [1.165, 1.54) is 12.3 Å². The Morgan fingerprint density at radius 2 is 2.33 bits per heavy atom. The van der Waals surface area contributed by atoms with E-state index >= 15 is 0 Å². The van der Waals surface area contributed by atoms with Gasteiger partial charge in [0.2, 0.25) is 5.91 Å². The number of carbonyl (C=O) groups excluding carboxylic acids is 1. The Morgan fingerprint density at radius 1 is 1.57 bits per heavy atom. The van der Waals surface area contributed by atoms with Gasteiger partial charge < -0.3 is 9.64 Å². The summed E-state index contributed by atoms with van der Waals surface area (Å²) in [6.07, 6.45) is 2.34. The van der Waals surface area contributed by atoms with Gasteiger partial charge in [0.1, 0.15) is 6.10 Å². The van der Waals surface area contributed by atoms with E-state index < -0.39 is 5.82 Å². The third-order valence-corrected chi connectivity index (χ3v) is 5.52. The van der Waals surface area contributed by atoms with E-state index in [9.17, 15) is 9.18 Å². The lowest BCUT2D eigenvalue weighted by atomic mass is 9.92. The van der Waals surface area contributed by atoms with Crippen molar-refractivity contribution in [2.75, 3.05) is 18.8 Å². The number of amides is 1. The monoisotopic (exact) mass is 310 g/mol. The Morgan fingerprint density at radius 3 is 3.00 bits per heavy atom. The Kier molecular flexibility index (Phi) is 3.82. The molecular formula is C15H19FN2O2S. The van der Waals surface area contributed by atoms with E-state index in [-0.39, 0.29) is 28.6 Å². The molecule has 2 fully saturated rings. The molecule has 6 heteroatoms. The molecule has 0 radical (unpaired) electrons. The average molecular weight is 310 g/mol. The summed E-state index contributed by atoms with van der Waals surface area (Å²) >= 11 is 1.83. The van der Waals surface area contributed by atoms with Crippen LogP contribution in [0.15, 0.2) is 18.3 Å². The molecule has 1 aromatic rings. The van der Waals surface area contributed by atoms with Crippen molar-refractivity contribution in [2.45, 2.75) is 31.1 Å². The molecular weight excluding hydrogens is 291 g/mol. The molecule has 0 saturated carbocycles. The third-order valence-electron chi connectivity index (χ3n) is 3.94. The molecule has 0 N–H and O–H groups in total. The molecule has 1 amide bonds. The second kappa shape index (κ2) is 5.48. The molecule has 0 unspecified atom stereocenters. The van der Waals surface area contributed by atoms with Gasteiger partial charge in [0.15, 0.2) is 5.82 Å². The molecule has 2 aliphatic rings. The van der Waals surface area contributed by atoms with Gasteiger partial charge in [0.05, 0.1) is 4.75 Å². The minimum atomic E-state index is -0.423. The molecule has 2 saturated heterocycles. The van der Waals surface area contributed by atoms with Crippen LogP contribution in [0.1, 0.15) is 20.3 Å². The maximum Gasteiger partial charge on any atom is 0.250 e. The van der Waals surface area contributed by atoms with Crippen LogP contribution < -0.4 is 4.74 Å². The van der Waals surface area contributed by atoms with Gasteiger partial charge in [-0.3, -0.25) is 4.79 Å². The molecule has 3 heterocycles. The van der Waals surface area contributed by atoms with Crippen LogP contribution in [0.25, 0.3) is 0 Å². The van der Waals surface area contributed by atoms with Gasteiger partial charge in [-0.25, -0.2) is 9.37 Å². The molecule has 1 spiro atoms. The van der Waals surface area contributed by atoms with E-state index in [0.29, 0.717) is 0 Å². The van der Waals surface area contributed by atoms with E-state index in [2.05, 4.69) is 4.98 Å². The number of hydrogen-bond acceptors (Lipinski definition) is 4. The van der Waals surface area contributed by atoms with Crippen LogP contribution in [0, 0.1) is 11.7 Å². The normalized spacial score (nSPS) is 23.4. The summed E-state index contributed by atoms with van der Waals surface area (Å²) in [5, 5.41) is 0. The molecule has 1 atom stereocenters. The highest BCUT2D eigenvalue weighted by Crippen LogP contribution is 2.46. The number of pyridine rings is 1. The first kappa shape index (κ1) is 14.6. The van der Waals surface area contributed by atoms with Gasteiger partial charge in [-0.05, 0) is 12.1 Å². The Hall–Kier alpha value is -1.30. The van der Waals surface area contributed by atoms with Crippen LogP contribution in [-0.2, 0) is 4.79 Å². The average Bonchev–Trinajstić information content (AvgIpc) is 2.83. The van der Waals surface area contributed by atoms with E-state index in [1.807, 2.05) is 30.5 Å². The summed E-state index contributed by atoms with van der Waals surface area (Å²) < 4.78 is 19.3. The van der Waals surface area contributed by atoms with Gasteiger partial charge >= 0.3 is 0 Å². The summed E-state index contributed by atoms with van der Waals surface area (Å²) in [4.78, 5) is 17.7. The summed E-state index contributed by atoms with van der Waals surface area (Å²) in [6, 6.07) is 2.90. The molecule has 4 nitrogen and oxygen atoms in total. The SMILES string of the molecule is CC(C)C(=O)N1CC2(C[C@@H](Oc3ncccc3F)CS2)C1. The molecule has 0 aromatic carbocycles. The Labute approximate surface area is 128 Å². The maximum atomic E-state index is 13.5. The standard InChI is InChI=1S/C15H19FN2O2S/c1-10(2)14(19)18-8-15(9-18)6-11(7-21-15)20-13-12(16)4-3-5-17-13/h3-5,10-11H,6-9H2,1-2H3/t11-/m1/s1. The highest BCUT2D eigenvalue weighted by Gasteiger charge is 2.51. The minimum Gasteiger partial charge on any atom is -0.471 e. The van der Waals surface area contributed by atoms with E-state index in [4.69, 9.17) is 4.74 Å². The van der Waals surface area contributed by atoms with Crippen LogP contribution in [-0.4, -0.2) is 45.5 Å². The van der Waals surface area contributed by atoms with Gasteiger partial charge in [0.25, 0.3) is 5.88 Å². The molecule has 0 aliphatic carbocycles. The summed E-state index contributed by atoms with van der Waals surface area (Å²) in [7, 11) is 0. The summed E-state index contributed by atoms with van der Waals surface area (Å²) in [5.41, 5.74) is 0. The molecule has 114 valence electrons. The first-order valence-electron chi connectivity index (χ1n) is 7.19. The van der Waals surface area contributed by atoms with Gasteiger partial charge in [-0.1, -0.05) is 13.8 Å². The summed E-state index contributed by atoms with van der Waals surface area (Å²) in [5.74, 6) is 0.729. The minimum absolute atomic E-state index is 0.0318. The predicted octanol–water partition coefficient (Wildman–Crippen LogP) is 2.34.